The van der Waals surface area contributed by atoms with Gasteiger partial charge in [0.2, 0.25) is 0 Å². The lowest BCUT2D eigenvalue weighted by Gasteiger charge is -2.05. The Hall–Kier alpha value is -1.43. The highest BCUT2D eigenvalue weighted by molar-refractivity contribution is 7.98. The Morgan fingerprint density at radius 1 is 1.53 bits per heavy atom. The molecule has 0 amide bonds. The molecule has 0 aromatic heterocycles. The van der Waals surface area contributed by atoms with E-state index < -0.39 is 4.92 Å². The number of anilines is 2. The molecule has 0 unspecified atom stereocenters. The van der Waals surface area contributed by atoms with Crippen LogP contribution in [0.15, 0.2) is 18.2 Å². The van der Waals surface area contributed by atoms with Crippen LogP contribution in [-0.4, -0.2) is 23.5 Å². The van der Waals surface area contributed by atoms with Gasteiger partial charge in [0, 0.05) is 35.8 Å². The molecule has 3 N–H and O–H groups in total. The summed E-state index contributed by atoms with van der Waals surface area (Å²) in [6.45, 7) is 0.766. The number of thioether (sulfide) groups is 1. The third-order valence-corrected chi connectivity index (χ3v) is 2.40. The fourth-order valence-electron chi connectivity index (χ4n) is 1.14. The van der Waals surface area contributed by atoms with Gasteiger partial charge in [0.1, 0.15) is 0 Å². The van der Waals surface area contributed by atoms with Crippen molar-refractivity contribution in [1.82, 2.24) is 0 Å². The Labute approximate surface area is 92.2 Å². The maximum Gasteiger partial charge on any atom is 0.273 e. The molecule has 0 spiro atoms. The molecular formula is C9H13N3O2S. The summed E-state index contributed by atoms with van der Waals surface area (Å²) in [6.07, 6.45) is 2.00. The molecule has 82 valence electrons. The van der Waals surface area contributed by atoms with Crippen LogP contribution in [0.3, 0.4) is 0 Å². The van der Waals surface area contributed by atoms with Gasteiger partial charge in [0.25, 0.3) is 5.69 Å². The average Bonchev–Trinajstić information content (AvgIpc) is 2.17. The van der Waals surface area contributed by atoms with Crippen molar-refractivity contribution >= 4 is 28.8 Å². The van der Waals surface area contributed by atoms with Crippen LogP contribution in [0.2, 0.25) is 0 Å². The third-order valence-electron chi connectivity index (χ3n) is 1.79. The normalized spacial score (nSPS) is 9.93. The van der Waals surface area contributed by atoms with Crippen molar-refractivity contribution in [3.63, 3.8) is 0 Å². The maximum absolute atomic E-state index is 10.6. The van der Waals surface area contributed by atoms with Gasteiger partial charge >= 0.3 is 0 Å². The van der Waals surface area contributed by atoms with Gasteiger partial charge in [-0.2, -0.15) is 11.8 Å². The van der Waals surface area contributed by atoms with E-state index >= 15 is 0 Å². The number of benzene rings is 1. The molecule has 6 heteroatoms. The standard InChI is InChI=1S/C9H13N3O2S/c1-15-3-2-11-8-4-7(10)5-9(6-8)12(13)14/h4-6,11H,2-3,10H2,1H3. The van der Waals surface area contributed by atoms with Crippen LogP contribution in [0.1, 0.15) is 0 Å². The van der Waals surface area contributed by atoms with Crippen molar-refractivity contribution in [2.75, 3.05) is 29.6 Å². The molecule has 0 saturated carbocycles. The lowest BCUT2D eigenvalue weighted by atomic mass is 10.2. The molecular weight excluding hydrogens is 214 g/mol. The Bertz CT molecular complexity index is 357. The molecule has 0 heterocycles. The summed E-state index contributed by atoms with van der Waals surface area (Å²) in [5.74, 6) is 0.947. The van der Waals surface area contributed by atoms with E-state index in [0.717, 1.165) is 12.3 Å². The van der Waals surface area contributed by atoms with Crippen molar-refractivity contribution in [1.29, 1.82) is 0 Å². The van der Waals surface area contributed by atoms with Gasteiger partial charge < -0.3 is 11.1 Å². The Morgan fingerprint density at radius 2 is 2.27 bits per heavy atom. The van der Waals surface area contributed by atoms with Gasteiger partial charge in [-0.3, -0.25) is 10.1 Å². The molecule has 0 aliphatic carbocycles. The zero-order valence-corrected chi connectivity index (χ0v) is 9.21. The van der Waals surface area contributed by atoms with E-state index in [9.17, 15) is 10.1 Å². The minimum absolute atomic E-state index is 0.0154. The number of nitrogen functional groups attached to an aromatic ring is 1. The topological polar surface area (TPSA) is 81.2 Å². The van der Waals surface area contributed by atoms with E-state index in [1.807, 2.05) is 6.26 Å². The predicted octanol–water partition coefficient (Wildman–Crippen LogP) is 1.95. The summed E-state index contributed by atoms with van der Waals surface area (Å²) in [5, 5.41) is 13.6. The summed E-state index contributed by atoms with van der Waals surface area (Å²) in [5.41, 5.74) is 6.66. The summed E-state index contributed by atoms with van der Waals surface area (Å²) in [6, 6.07) is 4.52. The van der Waals surface area contributed by atoms with Gasteiger partial charge in [0.15, 0.2) is 0 Å². The Balaban J connectivity index is 2.75. The quantitative estimate of drug-likeness (QED) is 0.348. The zero-order chi connectivity index (χ0) is 11.3. The van der Waals surface area contributed by atoms with Crippen molar-refractivity contribution in [3.8, 4) is 0 Å². The van der Waals surface area contributed by atoms with Crippen LogP contribution in [0, 0.1) is 10.1 Å². The van der Waals surface area contributed by atoms with E-state index in [1.165, 1.54) is 12.1 Å². The van der Waals surface area contributed by atoms with E-state index in [0.29, 0.717) is 11.4 Å². The van der Waals surface area contributed by atoms with Gasteiger partial charge in [-0.05, 0) is 12.3 Å². The first-order valence-corrected chi connectivity index (χ1v) is 5.80. The molecule has 1 aromatic carbocycles. The number of nitro benzene ring substituents is 1. The largest absolute Gasteiger partial charge is 0.398 e. The highest BCUT2D eigenvalue weighted by Crippen LogP contribution is 2.22. The first-order chi connectivity index (χ1) is 7.13. The molecule has 5 nitrogen and oxygen atoms in total. The first-order valence-electron chi connectivity index (χ1n) is 4.41. The number of nitrogens with one attached hydrogen (secondary N) is 1. The molecule has 0 fully saturated rings. The van der Waals surface area contributed by atoms with Crippen molar-refractivity contribution in [3.05, 3.63) is 28.3 Å². The van der Waals surface area contributed by atoms with Gasteiger partial charge in [-0.15, -0.1) is 0 Å². The smallest absolute Gasteiger partial charge is 0.273 e. The van der Waals surface area contributed by atoms with Crippen LogP contribution in [0.4, 0.5) is 17.1 Å². The molecule has 1 aromatic rings. The van der Waals surface area contributed by atoms with Crippen LogP contribution < -0.4 is 11.1 Å². The van der Waals surface area contributed by atoms with Crippen molar-refractivity contribution < 1.29 is 4.92 Å². The molecule has 0 saturated heterocycles. The molecule has 0 radical (unpaired) electrons. The van der Waals surface area contributed by atoms with Crippen molar-refractivity contribution in [2.24, 2.45) is 0 Å². The average molecular weight is 227 g/mol. The fourth-order valence-corrected chi connectivity index (χ4v) is 1.45. The minimum Gasteiger partial charge on any atom is -0.398 e. The Kier molecular flexibility index (Phi) is 4.23. The summed E-state index contributed by atoms with van der Waals surface area (Å²) in [4.78, 5) is 10.1. The van der Waals surface area contributed by atoms with Crippen LogP contribution in [-0.2, 0) is 0 Å². The number of nitrogens with zero attached hydrogens (tertiary/aromatic N) is 1. The number of rotatable bonds is 5. The summed E-state index contributed by atoms with van der Waals surface area (Å²) in [7, 11) is 0. The molecule has 0 aliphatic heterocycles. The number of nitrogens with two attached hydrogens (primary N) is 1. The minimum atomic E-state index is -0.448. The lowest BCUT2D eigenvalue weighted by Crippen LogP contribution is -2.04. The number of hydrogen-bond donors (Lipinski definition) is 2. The van der Waals surface area contributed by atoms with E-state index in [2.05, 4.69) is 5.32 Å². The van der Waals surface area contributed by atoms with Crippen LogP contribution in [0.25, 0.3) is 0 Å². The van der Waals surface area contributed by atoms with E-state index in [1.54, 1.807) is 17.8 Å². The van der Waals surface area contributed by atoms with Crippen LogP contribution in [0.5, 0.6) is 0 Å². The second-order valence-corrected chi connectivity index (χ2v) is 3.98. The number of hydrogen-bond acceptors (Lipinski definition) is 5. The number of nitro groups is 1. The monoisotopic (exact) mass is 227 g/mol. The second kappa shape index (κ2) is 5.45. The summed E-state index contributed by atoms with van der Waals surface area (Å²) >= 11 is 1.71. The Morgan fingerprint density at radius 3 is 2.87 bits per heavy atom. The molecule has 0 bridgehead atoms. The van der Waals surface area contributed by atoms with Crippen molar-refractivity contribution in [2.45, 2.75) is 0 Å². The SMILES string of the molecule is CSCCNc1cc(N)cc([N+](=O)[O-])c1. The number of non-ortho nitro benzene ring substituents is 1. The maximum atomic E-state index is 10.6. The van der Waals surface area contributed by atoms with E-state index in [-0.39, 0.29) is 5.69 Å². The third kappa shape index (κ3) is 3.67. The molecule has 1 rings (SSSR count). The molecule has 0 atom stereocenters. The van der Waals surface area contributed by atoms with Gasteiger partial charge in [-0.1, -0.05) is 0 Å². The zero-order valence-electron chi connectivity index (χ0n) is 8.40. The predicted molar refractivity (Wildman–Crippen MR) is 64.4 cm³/mol. The lowest BCUT2D eigenvalue weighted by molar-refractivity contribution is -0.384. The molecule has 0 aliphatic rings. The van der Waals surface area contributed by atoms with Crippen LogP contribution >= 0.6 is 11.8 Å². The van der Waals surface area contributed by atoms with Gasteiger partial charge in [-0.25, -0.2) is 0 Å². The van der Waals surface area contributed by atoms with Gasteiger partial charge in [0.05, 0.1) is 4.92 Å². The van der Waals surface area contributed by atoms with E-state index in [4.69, 9.17) is 5.73 Å². The highest BCUT2D eigenvalue weighted by Gasteiger charge is 2.07. The summed E-state index contributed by atoms with van der Waals surface area (Å²) < 4.78 is 0. The second-order valence-electron chi connectivity index (χ2n) is 2.99. The fraction of sp³-hybridized carbons (Fsp3) is 0.333. The molecule has 15 heavy (non-hydrogen) atoms. The highest BCUT2D eigenvalue weighted by atomic mass is 32.2. The first kappa shape index (κ1) is 11.6.